The van der Waals surface area contributed by atoms with E-state index in [1.165, 1.54) is 7.11 Å². The van der Waals surface area contributed by atoms with Crippen molar-refractivity contribution in [1.82, 2.24) is 0 Å². The molecular formula is C12H18N2O3. The first kappa shape index (κ1) is 15.0. The van der Waals surface area contributed by atoms with Crippen LogP contribution < -0.4 is 15.8 Å². The highest BCUT2D eigenvalue weighted by atomic mass is 16.5. The number of carbonyl (C=O) groups excluding carboxylic acids is 2. The van der Waals surface area contributed by atoms with Gasteiger partial charge in [0.25, 0.3) is 0 Å². The normalized spacial score (nSPS) is 8.65. The lowest BCUT2D eigenvalue weighted by Gasteiger charge is -2.08. The van der Waals surface area contributed by atoms with E-state index in [0.29, 0.717) is 11.4 Å². The molecule has 0 aliphatic heterocycles. The first-order valence-electron chi connectivity index (χ1n) is 5.34. The maximum absolute atomic E-state index is 11.2. The van der Waals surface area contributed by atoms with E-state index in [9.17, 15) is 9.59 Å². The number of rotatable bonds is 4. The summed E-state index contributed by atoms with van der Waals surface area (Å²) in [5.41, 5.74) is 5.41. The number of carbonyl (C=O) groups is 2. The van der Waals surface area contributed by atoms with Gasteiger partial charge in [0.1, 0.15) is 12.2 Å². The van der Waals surface area contributed by atoms with Crippen LogP contribution in [0, 0.1) is 0 Å². The van der Waals surface area contributed by atoms with Crippen LogP contribution >= 0.6 is 0 Å². The molecular weight excluding hydrogens is 220 g/mol. The second kappa shape index (κ2) is 8.15. The van der Waals surface area contributed by atoms with E-state index in [1.807, 2.05) is 13.8 Å². The lowest BCUT2D eigenvalue weighted by atomic mass is 10.3. The highest BCUT2D eigenvalue weighted by Crippen LogP contribution is 2.22. The number of hydrogen-bond donors (Lipinski definition) is 2. The largest absolute Gasteiger partial charge is 0.495 e. The average Bonchev–Trinajstić information content (AvgIpc) is 2.31. The van der Waals surface area contributed by atoms with Crippen LogP contribution in [-0.4, -0.2) is 18.9 Å². The molecule has 94 valence electrons. The zero-order chi connectivity index (χ0) is 13.3. The molecule has 17 heavy (non-hydrogen) atoms. The van der Waals surface area contributed by atoms with Crippen LogP contribution in [0.1, 0.15) is 20.3 Å². The van der Waals surface area contributed by atoms with Crippen LogP contribution in [0.2, 0.25) is 0 Å². The summed E-state index contributed by atoms with van der Waals surface area (Å²) in [7, 11) is 1.50. The van der Waals surface area contributed by atoms with Crippen molar-refractivity contribution in [3.63, 3.8) is 0 Å². The highest BCUT2D eigenvalue weighted by Gasteiger charge is 2.08. The highest BCUT2D eigenvalue weighted by molar-refractivity contribution is 6.03. The maximum atomic E-state index is 11.2. The molecule has 2 amide bonds. The molecule has 0 aliphatic rings. The zero-order valence-corrected chi connectivity index (χ0v) is 10.3. The molecule has 0 bridgehead atoms. The summed E-state index contributed by atoms with van der Waals surface area (Å²) < 4.78 is 5.02. The fourth-order valence-corrected chi connectivity index (χ4v) is 1.10. The average molecular weight is 238 g/mol. The summed E-state index contributed by atoms with van der Waals surface area (Å²) in [5, 5.41) is 2.53. The second-order valence-electron chi connectivity index (χ2n) is 2.89. The van der Waals surface area contributed by atoms with E-state index >= 15 is 0 Å². The van der Waals surface area contributed by atoms with Crippen molar-refractivity contribution in [2.24, 2.45) is 5.73 Å². The number of nitrogens with two attached hydrogens (primary N) is 1. The third-order valence-corrected chi connectivity index (χ3v) is 1.72. The lowest BCUT2D eigenvalue weighted by Crippen LogP contribution is -2.21. The second-order valence-corrected chi connectivity index (χ2v) is 2.89. The van der Waals surface area contributed by atoms with Crippen molar-refractivity contribution in [2.45, 2.75) is 20.3 Å². The summed E-state index contributed by atoms with van der Waals surface area (Å²) in [5.74, 6) is -0.579. The first-order valence-corrected chi connectivity index (χ1v) is 5.34. The number of methoxy groups -OCH3 is 1. The molecule has 3 N–H and O–H groups in total. The fraction of sp³-hybridized carbons (Fsp3) is 0.333. The van der Waals surface area contributed by atoms with Gasteiger partial charge in [-0.2, -0.15) is 0 Å². The van der Waals surface area contributed by atoms with E-state index in [0.717, 1.165) is 0 Å². The number of benzene rings is 1. The summed E-state index contributed by atoms with van der Waals surface area (Å²) in [4.78, 5) is 21.7. The fourth-order valence-electron chi connectivity index (χ4n) is 1.10. The summed E-state index contributed by atoms with van der Waals surface area (Å²) in [6.45, 7) is 4.00. The van der Waals surface area contributed by atoms with Crippen LogP contribution in [0.3, 0.4) is 0 Å². The molecule has 0 fully saturated rings. The molecule has 0 heterocycles. The third-order valence-electron chi connectivity index (χ3n) is 1.72. The molecule has 0 saturated heterocycles. The van der Waals surface area contributed by atoms with Crippen LogP contribution in [0.5, 0.6) is 5.75 Å². The van der Waals surface area contributed by atoms with Gasteiger partial charge in [0.05, 0.1) is 12.8 Å². The van der Waals surface area contributed by atoms with Crippen molar-refractivity contribution in [3.8, 4) is 5.75 Å². The topological polar surface area (TPSA) is 81.4 Å². The predicted octanol–water partition coefficient (Wildman–Crippen LogP) is 1.54. The van der Waals surface area contributed by atoms with Crippen molar-refractivity contribution < 1.29 is 14.3 Å². The van der Waals surface area contributed by atoms with Gasteiger partial charge in [-0.1, -0.05) is 26.0 Å². The lowest BCUT2D eigenvalue weighted by molar-refractivity contribution is -0.124. The number of ether oxygens (including phenoxy) is 1. The van der Waals surface area contributed by atoms with Crippen LogP contribution in [0.15, 0.2) is 24.3 Å². The molecule has 1 aromatic carbocycles. The van der Waals surface area contributed by atoms with Gasteiger partial charge in [-0.05, 0) is 12.1 Å². The smallest absolute Gasteiger partial charge is 0.233 e. The molecule has 0 aliphatic carbocycles. The predicted molar refractivity (Wildman–Crippen MR) is 66.8 cm³/mol. The van der Waals surface area contributed by atoms with Crippen LogP contribution in [0.25, 0.3) is 0 Å². The van der Waals surface area contributed by atoms with Crippen LogP contribution in [0.4, 0.5) is 5.69 Å². The Bertz CT molecular complexity index is 378. The Balaban J connectivity index is 0.00000121. The van der Waals surface area contributed by atoms with E-state index in [2.05, 4.69) is 5.32 Å². The molecule has 1 aromatic rings. The molecule has 0 saturated carbocycles. The summed E-state index contributed by atoms with van der Waals surface area (Å²) >= 11 is 0. The van der Waals surface area contributed by atoms with Gasteiger partial charge in [-0.25, -0.2) is 0 Å². The minimum absolute atomic E-state index is 0.335. The van der Waals surface area contributed by atoms with E-state index in [1.54, 1.807) is 24.3 Å². The van der Waals surface area contributed by atoms with Crippen molar-refractivity contribution >= 4 is 17.5 Å². The Morgan fingerprint density at radius 2 is 1.88 bits per heavy atom. The van der Waals surface area contributed by atoms with Gasteiger partial charge >= 0.3 is 0 Å². The molecule has 0 aromatic heterocycles. The molecule has 5 nitrogen and oxygen atoms in total. The van der Waals surface area contributed by atoms with Crippen LogP contribution in [-0.2, 0) is 9.59 Å². The molecule has 0 atom stereocenters. The van der Waals surface area contributed by atoms with Crippen molar-refractivity contribution in [1.29, 1.82) is 0 Å². The van der Waals surface area contributed by atoms with Gasteiger partial charge in [-0.15, -0.1) is 0 Å². The molecule has 0 unspecified atom stereocenters. The summed E-state index contributed by atoms with van der Waals surface area (Å²) in [6, 6.07) is 6.92. The van der Waals surface area contributed by atoms with Crippen molar-refractivity contribution in [2.75, 3.05) is 12.4 Å². The van der Waals surface area contributed by atoms with E-state index in [-0.39, 0.29) is 6.42 Å². The number of para-hydroxylation sites is 2. The minimum atomic E-state index is -0.664. The monoisotopic (exact) mass is 238 g/mol. The van der Waals surface area contributed by atoms with Gasteiger partial charge in [0.15, 0.2) is 0 Å². The number of nitrogens with one attached hydrogen (secondary N) is 1. The minimum Gasteiger partial charge on any atom is -0.495 e. The van der Waals surface area contributed by atoms with E-state index in [4.69, 9.17) is 10.5 Å². The Labute approximate surface area is 101 Å². The van der Waals surface area contributed by atoms with Gasteiger partial charge in [0, 0.05) is 0 Å². The van der Waals surface area contributed by atoms with Gasteiger partial charge in [-0.3, -0.25) is 9.59 Å². The van der Waals surface area contributed by atoms with Gasteiger partial charge in [0.2, 0.25) is 11.8 Å². The molecule has 0 spiro atoms. The molecule has 0 radical (unpaired) electrons. The Morgan fingerprint density at radius 1 is 1.29 bits per heavy atom. The number of amides is 2. The first-order chi connectivity index (χ1) is 8.13. The Kier molecular flexibility index (Phi) is 7.17. The quantitative estimate of drug-likeness (QED) is 0.780. The Hall–Kier alpha value is -2.04. The van der Waals surface area contributed by atoms with Gasteiger partial charge < -0.3 is 15.8 Å². The molecule has 1 rings (SSSR count). The summed E-state index contributed by atoms with van der Waals surface area (Å²) in [6.07, 6.45) is -0.335. The van der Waals surface area contributed by atoms with Crippen molar-refractivity contribution in [3.05, 3.63) is 24.3 Å². The standard InChI is InChI=1S/C10H12N2O3.C2H6/c1-15-8-5-3-2-4-7(8)12-10(14)6-9(11)13;1-2/h2-5H,6H2,1H3,(H2,11,13)(H,12,14);1-2H3. The third kappa shape index (κ3) is 5.55. The number of hydrogen-bond acceptors (Lipinski definition) is 3. The van der Waals surface area contributed by atoms with E-state index < -0.39 is 11.8 Å². The Morgan fingerprint density at radius 3 is 2.41 bits per heavy atom. The number of primary amides is 1. The number of anilines is 1. The SMILES string of the molecule is CC.COc1ccccc1NC(=O)CC(N)=O. The maximum Gasteiger partial charge on any atom is 0.233 e. The molecule has 5 heteroatoms. The zero-order valence-electron chi connectivity index (χ0n) is 10.3.